The third kappa shape index (κ3) is 4.41. The predicted octanol–water partition coefficient (Wildman–Crippen LogP) is 4.52. The summed E-state index contributed by atoms with van der Waals surface area (Å²) < 4.78 is 25.2. The highest BCUT2D eigenvalue weighted by atomic mass is 35.5. The third-order valence-corrected chi connectivity index (χ3v) is 5.78. The molecule has 0 saturated heterocycles. The minimum Gasteiger partial charge on any atom is -0.372 e. The van der Waals surface area contributed by atoms with Gasteiger partial charge in [0.2, 0.25) is 9.84 Å². The summed E-state index contributed by atoms with van der Waals surface area (Å²) >= 11 is 5.79. The maximum atomic E-state index is 12.6. The molecule has 130 valence electrons. The van der Waals surface area contributed by atoms with Gasteiger partial charge >= 0.3 is 0 Å². The molecule has 4 nitrogen and oxygen atoms in total. The van der Waals surface area contributed by atoms with Crippen molar-refractivity contribution in [2.24, 2.45) is 0 Å². The highest BCUT2D eigenvalue weighted by Gasteiger charge is 2.20. The van der Waals surface area contributed by atoms with E-state index >= 15 is 0 Å². The van der Waals surface area contributed by atoms with Crippen LogP contribution in [-0.2, 0) is 9.84 Å². The van der Waals surface area contributed by atoms with Gasteiger partial charge in [0.25, 0.3) is 0 Å². The smallest absolute Gasteiger partial charge is 0.216 e. The molecule has 0 unspecified atom stereocenters. The lowest BCUT2D eigenvalue weighted by atomic mass is 10.2. The molecule has 0 bridgehead atoms. The van der Waals surface area contributed by atoms with Gasteiger partial charge in [0.1, 0.15) is 11.0 Å². The van der Waals surface area contributed by atoms with Gasteiger partial charge in [-0.2, -0.15) is 5.26 Å². The Morgan fingerprint density at radius 2 is 1.64 bits per heavy atom. The largest absolute Gasteiger partial charge is 0.372 e. The molecule has 0 aromatic heterocycles. The van der Waals surface area contributed by atoms with Gasteiger partial charge in [-0.15, -0.1) is 0 Å². The van der Waals surface area contributed by atoms with E-state index in [4.69, 9.17) is 11.6 Å². The van der Waals surface area contributed by atoms with E-state index in [9.17, 15) is 13.7 Å². The topological polar surface area (TPSA) is 61.2 Å². The maximum absolute atomic E-state index is 12.6. The van der Waals surface area contributed by atoms with Gasteiger partial charge in [-0.1, -0.05) is 23.7 Å². The van der Waals surface area contributed by atoms with Gasteiger partial charge in [0, 0.05) is 23.8 Å². The zero-order valence-corrected chi connectivity index (χ0v) is 15.7. The Morgan fingerprint density at radius 3 is 2.12 bits per heavy atom. The Balaban J connectivity index is 2.37. The van der Waals surface area contributed by atoms with Crippen molar-refractivity contribution >= 4 is 33.2 Å². The summed E-state index contributed by atoms with van der Waals surface area (Å²) in [7, 11) is -3.87. The summed E-state index contributed by atoms with van der Waals surface area (Å²) in [6.45, 7) is 5.92. The number of nitriles is 1. The van der Waals surface area contributed by atoms with Crippen LogP contribution in [0.1, 0.15) is 19.4 Å². The number of hydrogen-bond donors (Lipinski definition) is 0. The molecule has 0 atom stereocenters. The molecule has 0 N–H and O–H groups in total. The van der Waals surface area contributed by atoms with E-state index in [2.05, 4.69) is 18.7 Å². The van der Waals surface area contributed by atoms with Crippen LogP contribution in [0.3, 0.4) is 0 Å². The van der Waals surface area contributed by atoms with Crippen LogP contribution in [-0.4, -0.2) is 21.5 Å². The van der Waals surface area contributed by atoms with Gasteiger partial charge in [0.05, 0.1) is 4.90 Å². The Labute approximate surface area is 153 Å². The number of rotatable bonds is 6. The summed E-state index contributed by atoms with van der Waals surface area (Å²) in [6, 6.07) is 15.0. The monoisotopic (exact) mass is 374 g/mol. The standard InChI is InChI=1S/C19H19ClN2O2S/c1-3-22(4-2)17-9-5-15(6-10-17)13-19(14-21)25(23,24)18-11-7-16(20)8-12-18/h5-13H,3-4H2,1-2H3. The van der Waals surface area contributed by atoms with Crippen molar-refractivity contribution in [1.29, 1.82) is 5.26 Å². The number of allylic oxidation sites excluding steroid dienone is 1. The number of anilines is 1. The predicted molar refractivity (Wildman–Crippen MR) is 102 cm³/mol. The second kappa shape index (κ2) is 8.19. The first kappa shape index (κ1) is 19.0. The van der Waals surface area contributed by atoms with Crippen LogP contribution in [0.25, 0.3) is 6.08 Å². The lowest BCUT2D eigenvalue weighted by molar-refractivity contribution is 0.603. The summed E-state index contributed by atoms with van der Waals surface area (Å²) in [5.41, 5.74) is 1.71. The van der Waals surface area contributed by atoms with Crippen LogP contribution in [0.15, 0.2) is 58.3 Å². The number of benzene rings is 2. The zero-order valence-electron chi connectivity index (χ0n) is 14.1. The van der Waals surface area contributed by atoms with Gasteiger partial charge in [-0.05, 0) is 61.9 Å². The van der Waals surface area contributed by atoms with Crippen LogP contribution in [0, 0.1) is 11.3 Å². The van der Waals surface area contributed by atoms with Crippen LogP contribution in [0.2, 0.25) is 5.02 Å². The average Bonchev–Trinajstić information content (AvgIpc) is 2.62. The first-order chi connectivity index (χ1) is 11.9. The molecule has 6 heteroatoms. The summed E-state index contributed by atoms with van der Waals surface area (Å²) in [4.78, 5) is 1.93. The maximum Gasteiger partial charge on any atom is 0.216 e. The number of sulfone groups is 1. The lowest BCUT2D eigenvalue weighted by Crippen LogP contribution is -2.21. The first-order valence-electron chi connectivity index (χ1n) is 7.89. The van der Waals surface area contributed by atoms with E-state index in [1.807, 2.05) is 24.3 Å². The lowest BCUT2D eigenvalue weighted by Gasteiger charge is -2.20. The molecular formula is C19H19ClN2O2S. The van der Waals surface area contributed by atoms with Crippen molar-refractivity contribution < 1.29 is 8.42 Å². The van der Waals surface area contributed by atoms with Crippen molar-refractivity contribution in [3.05, 3.63) is 64.0 Å². The highest BCUT2D eigenvalue weighted by molar-refractivity contribution is 7.95. The second-order valence-electron chi connectivity index (χ2n) is 5.34. The molecule has 0 radical (unpaired) electrons. The summed E-state index contributed by atoms with van der Waals surface area (Å²) in [6.07, 6.45) is 1.38. The average molecular weight is 375 g/mol. The zero-order chi connectivity index (χ0) is 18.4. The highest BCUT2D eigenvalue weighted by Crippen LogP contribution is 2.23. The molecule has 2 aromatic carbocycles. The number of hydrogen-bond acceptors (Lipinski definition) is 4. The molecule has 0 heterocycles. The fraction of sp³-hybridized carbons (Fsp3) is 0.211. The second-order valence-corrected chi connectivity index (χ2v) is 7.70. The van der Waals surface area contributed by atoms with Gasteiger partial charge in [0.15, 0.2) is 0 Å². The molecule has 0 fully saturated rings. The Bertz CT molecular complexity index is 892. The van der Waals surface area contributed by atoms with Crippen molar-refractivity contribution in [1.82, 2.24) is 0 Å². The Morgan fingerprint density at radius 1 is 1.08 bits per heavy atom. The van der Waals surface area contributed by atoms with Crippen LogP contribution >= 0.6 is 11.6 Å². The van der Waals surface area contributed by atoms with Gasteiger partial charge in [-0.3, -0.25) is 0 Å². The minimum atomic E-state index is -3.87. The van der Waals surface area contributed by atoms with E-state index in [1.165, 1.54) is 30.3 Å². The van der Waals surface area contributed by atoms with E-state index in [0.29, 0.717) is 10.6 Å². The summed E-state index contributed by atoms with van der Waals surface area (Å²) in [5, 5.41) is 9.76. The normalized spacial score (nSPS) is 11.8. The van der Waals surface area contributed by atoms with Gasteiger partial charge in [-0.25, -0.2) is 8.42 Å². The van der Waals surface area contributed by atoms with Crippen molar-refractivity contribution in [2.45, 2.75) is 18.7 Å². The molecule has 0 saturated carbocycles. The van der Waals surface area contributed by atoms with E-state index in [1.54, 1.807) is 6.07 Å². The molecule has 0 aliphatic carbocycles. The van der Waals surface area contributed by atoms with Crippen LogP contribution < -0.4 is 4.90 Å². The number of halogens is 1. The van der Waals surface area contributed by atoms with Crippen LogP contribution in [0.4, 0.5) is 5.69 Å². The molecule has 0 spiro atoms. The molecule has 0 aliphatic rings. The summed E-state index contributed by atoms with van der Waals surface area (Å²) in [5.74, 6) is 0. The van der Waals surface area contributed by atoms with E-state index in [0.717, 1.165) is 18.8 Å². The fourth-order valence-corrected chi connectivity index (χ4v) is 3.72. The molecule has 2 rings (SSSR count). The number of nitrogens with zero attached hydrogens (tertiary/aromatic N) is 2. The fourth-order valence-electron chi connectivity index (χ4n) is 2.43. The molecule has 0 amide bonds. The minimum absolute atomic E-state index is 0.0458. The van der Waals surface area contributed by atoms with Crippen molar-refractivity contribution in [3.63, 3.8) is 0 Å². The Kier molecular flexibility index (Phi) is 6.24. The molecule has 0 aliphatic heterocycles. The SMILES string of the molecule is CCN(CC)c1ccc(C=C(C#N)S(=O)(=O)c2ccc(Cl)cc2)cc1. The molecule has 25 heavy (non-hydrogen) atoms. The van der Waals surface area contributed by atoms with Gasteiger partial charge < -0.3 is 4.90 Å². The van der Waals surface area contributed by atoms with Crippen molar-refractivity contribution in [3.8, 4) is 6.07 Å². The quantitative estimate of drug-likeness (QED) is 0.697. The first-order valence-corrected chi connectivity index (χ1v) is 9.76. The van der Waals surface area contributed by atoms with Crippen molar-refractivity contribution in [2.75, 3.05) is 18.0 Å². The van der Waals surface area contributed by atoms with Crippen LogP contribution in [0.5, 0.6) is 0 Å². The third-order valence-electron chi connectivity index (χ3n) is 3.84. The van der Waals surface area contributed by atoms with E-state index in [-0.39, 0.29) is 9.80 Å². The molecule has 2 aromatic rings. The van der Waals surface area contributed by atoms with E-state index < -0.39 is 9.84 Å². The Hall–Kier alpha value is -2.29. The molecular weight excluding hydrogens is 356 g/mol.